The van der Waals surface area contributed by atoms with Crippen molar-refractivity contribution in [2.75, 3.05) is 11.9 Å². The maximum absolute atomic E-state index is 13.4. The summed E-state index contributed by atoms with van der Waals surface area (Å²) in [6, 6.07) is 2.10. The first kappa shape index (κ1) is 18.1. The van der Waals surface area contributed by atoms with Crippen LogP contribution in [0.4, 0.5) is 23.7 Å². The van der Waals surface area contributed by atoms with E-state index >= 15 is 0 Å². The fourth-order valence-corrected chi connectivity index (χ4v) is 3.28. The predicted octanol–water partition coefficient (Wildman–Crippen LogP) is 4.21. The molecular formula is C18H15F3N4O3. The maximum atomic E-state index is 13.4. The van der Waals surface area contributed by atoms with E-state index in [1.807, 2.05) is 0 Å². The van der Waals surface area contributed by atoms with Crippen LogP contribution < -0.4 is 5.32 Å². The normalized spacial score (nSPS) is 16.2. The summed E-state index contributed by atoms with van der Waals surface area (Å²) in [5.74, 6) is -3.36. The van der Waals surface area contributed by atoms with Gasteiger partial charge in [0.1, 0.15) is 5.76 Å². The van der Waals surface area contributed by atoms with Gasteiger partial charge in [0.25, 0.3) is 0 Å². The predicted molar refractivity (Wildman–Crippen MR) is 90.9 cm³/mol. The molecule has 0 saturated heterocycles. The highest BCUT2D eigenvalue weighted by atomic mass is 19.2. The number of hydrogen-bond donors (Lipinski definition) is 1. The number of aromatic nitrogens is 2. The number of carbonyl (C=O) groups is 1. The minimum absolute atomic E-state index is 0.183. The summed E-state index contributed by atoms with van der Waals surface area (Å²) in [6.07, 6.45) is 0.430. The molecule has 28 heavy (non-hydrogen) atoms. The minimum Gasteiger partial charge on any atom is -0.361 e. The molecule has 0 fully saturated rings. The van der Waals surface area contributed by atoms with Crippen molar-refractivity contribution >= 4 is 11.7 Å². The lowest BCUT2D eigenvalue weighted by molar-refractivity contribution is 0.188. The molecule has 0 spiro atoms. The highest BCUT2D eigenvalue weighted by Gasteiger charge is 2.34. The molecule has 0 radical (unpaired) electrons. The van der Waals surface area contributed by atoms with Gasteiger partial charge in [0.15, 0.2) is 28.9 Å². The second-order valence-electron chi connectivity index (χ2n) is 6.50. The Morgan fingerprint density at radius 1 is 1.18 bits per heavy atom. The smallest absolute Gasteiger partial charge is 0.322 e. The van der Waals surface area contributed by atoms with Crippen molar-refractivity contribution in [3.05, 3.63) is 52.7 Å². The van der Waals surface area contributed by atoms with Gasteiger partial charge in [0.2, 0.25) is 0 Å². The molecule has 3 heterocycles. The first-order valence-electron chi connectivity index (χ1n) is 8.49. The Kier molecular flexibility index (Phi) is 4.33. The Labute approximate surface area is 157 Å². The molecule has 10 heteroatoms. The van der Waals surface area contributed by atoms with E-state index in [1.165, 1.54) is 4.90 Å². The highest BCUT2D eigenvalue weighted by Crippen LogP contribution is 2.37. The van der Waals surface area contributed by atoms with E-state index in [1.54, 1.807) is 19.9 Å². The Morgan fingerprint density at radius 2 is 1.89 bits per heavy atom. The number of anilines is 1. The summed E-state index contributed by atoms with van der Waals surface area (Å²) in [4.78, 5) is 14.1. The van der Waals surface area contributed by atoms with E-state index in [0.717, 1.165) is 12.1 Å². The van der Waals surface area contributed by atoms with Crippen molar-refractivity contribution < 1.29 is 27.0 Å². The Bertz CT molecular complexity index is 1040. The maximum Gasteiger partial charge on any atom is 0.322 e. The minimum atomic E-state index is -1.59. The second-order valence-corrected chi connectivity index (χ2v) is 6.50. The van der Waals surface area contributed by atoms with Crippen molar-refractivity contribution in [3.63, 3.8) is 0 Å². The van der Waals surface area contributed by atoms with Crippen LogP contribution in [0.3, 0.4) is 0 Å². The lowest BCUT2D eigenvalue weighted by atomic mass is 9.97. The van der Waals surface area contributed by atoms with E-state index in [9.17, 15) is 18.0 Å². The summed E-state index contributed by atoms with van der Waals surface area (Å²) < 4.78 is 50.4. The first-order chi connectivity index (χ1) is 13.3. The molecule has 1 aliphatic heterocycles. The van der Waals surface area contributed by atoms with E-state index in [0.29, 0.717) is 41.4 Å². The van der Waals surface area contributed by atoms with E-state index in [4.69, 9.17) is 9.05 Å². The summed E-state index contributed by atoms with van der Waals surface area (Å²) in [6.45, 7) is 3.83. The van der Waals surface area contributed by atoms with Gasteiger partial charge in [-0.05, 0) is 13.8 Å². The SMILES string of the molecule is Cc1cc(-c2onc3c2C(C)N(C(=O)Nc2cc(F)c(F)c(F)c2)CC3)no1. The topological polar surface area (TPSA) is 84.4 Å². The van der Waals surface area contributed by atoms with Crippen LogP contribution in [0.15, 0.2) is 27.2 Å². The van der Waals surface area contributed by atoms with Crippen LogP contribution in [0.25, 0.3) is 11.5 Å². The summed E-state index contributed by atoms with van der Waals surface area (Å²) in [7, 11) is 0. The van der Waals surface area contributed by atoms with Gasteiger partial charge in [-0.1, -0.05) is 10.3 Å². The van der Waals surface area contributed by atoms with Crippen molar-refractivity contribution in [1.29, 1.82) is 0 Å². The quantitative estimate of drug-likeness (QED) is 0.661. The number of carbonyl (C=O) groups excluding carboxylic acids is 1. The van der Waals surface area contributed by atoms with Gasteiger partial charge >= 0.3 is 6.03 Å². The molecule has 0 bridgehead atoms. The fourth-order valence-electron chi connectivity index (χ4n) is 3.28. The molecule has 1 N–H and O–H groups in total. The molecule has 3 aromatic rings. The molecule has 0 aliphatic carbocycles. The zero-order valence-electron chi connectivity index (χ0n) is 14.9. The summed E-state index contributed by atoms with van der Waals surface area (Å²) >= 11 is 0. The van der Waals surface area contributed by atoms with Gasteiger partial charge in [-0.2, -0.15) is 0 Å². The van der Waals surface area contributed by atoms with Gasteiger partial charge in [-0.3, -0.25) is 0 Å². The third-order valence-electron chi connectivity index (χ3n) is 4.63. The highest BCUT2D eigenvalue weighted by molar-refractivity contribution is 5.90. The average molecular weight is 392 g/mol. The number of rotatable bonds is 2. The van der Waals surface area contributed by atoms with Crippen molar-refractivity contribution in [2.45, 2.75) is 26.3 Å². The lowest BCUT2D eigenvalue weighted by Crippen LogP contribution is -2.41. The van der Waals surface area contributed by atoms with Gasteiger partial charge in [0.05, 0.1) is 11.7 Å². The zero-order chi connectivity index (χ0) is 20.0. The molecule has 2 aromatic heterocycles. The van der Waals surface area contributed by atoms with Gasteiger partial charge in [0, 0.05) is 42.4 Å². The van der Waals surface area contributed by atoms with E-state index in [-0.39, 0.29) is 5.69 Å². The number of nitrogens with zero attached hydrogens (tertiary/aromatic N) is 3. The number of halogens is 3. The van der Waals surface area contributed by atoms with E-state index < -0.39 is 29.5 Å². The van der Waals surface area contributed by atoms with Crippen LogP contribution >= 0.6 is 0 Å². The van der Waals surface area contributed by atoms with Crippen LogP contribution in [0.1, 0.15) is 30.0 Å². The largest absolute Gasteiger partial charge is 0.361 e. The number of fused-ring (bicyclic) bond motifs is 1. The van der Waals surface area contributed by atoms with Crippen molar-refractivity contribution in [2.24, 2.45) is 0 Å². The average Bonchev–Trinajstić information content (AvgIpc) is 3.26. The number of hydrogen-bond acceptors (Lipinski definition) is 5. The molecular weight excluding hydrogens is 377 g/mol. The van der Waals surface area contributed by atoms with Gasteiger partial charge in [-0.15, -0.1) is 0 Å². The number of nitrogens with one attached hydrogen (secondary N) is 1. The molecule has 1 unspecified atom stereocenters. The number of benzene rings is 1. The number of amides is 2. The van der Waals surface area contributed by atoms with Gasteiger partial charge in [-0.25, -0.2) is 18.0 Å². The van der Waals surface area contributed by atoms with Crippen LogP contribution in [0.2, 0.25) is 0 Å². The monoisotopic (exact) mass is 392 g/mol. The van der Waals surface area contributed by atoms with Crippen LogP contribution in [0, 0.1) is 24.4 Å². The molecule has 0 saturated carbocycles. The standard InChI is InChI=1S/C18H15F3N4O3/c1-8-5-14(24-27-8)17-15-9(2)25(4-3-13(15)23-28-17)18(26)22-10-6-11(19)16(21)12(20)7-10/h5-7,9H,3-4H2,1-2H3,(H,22,26). The van der Waals surface area contributed by atoms with Gasteiger partial charge < -0.3 is 19.3 Å². The summed E-state index contributed by atoms with van der Waals surface area (Å²) in [5, 5.41) is 10.4. The zero-order valence-corrected chi connectivity index (χ0v) is 14.9. The van der Waals surface area contributed by atoms with Crippen molar-refractivity contribution in [3.8, 4) is 11.5 Å². The third-order valence-corrected chi connectivity index (χ3v) is 4.63. The van der Waals surface area contributed by atoms with Crippen LogP contribution in [-0.4, -0.2) is 27.8 Å². The Hall–Kier alpha value is -3.30. The molecule has 1 atom stereocenters. The third kappa shape index (κ3) is 3.00. The molecule has 2 amide bonds. The number of aryl methyl sites for hydroxylation is 1. The summed E-state index contributed by atoms with van der Waals surface area (Å²) in [5.41, 5.74) is 1.66. The molecule has 1 aromatic carbocycles. The van der Waals surface area contributed by atoms with E-state index in [2.05, 4.69) is 15.6 Å². The van der Waals surface area contributed by atoms with Crippen LogP contribution in [0.5, 0.6) is 0 Å². The molecule has 4 rings (SSSR count). The molecule has 146 valence electrons. The first-order valence-corrected chi connectivity index (χ1v) is 8.49. The van der Waals surface area contributed by atoms with Crippen LogP contribution in [-0.2, 0) is 6.42 Å². The fraction of sp³-hybridized carbons (Fsp3) is 0.278. The Morgan fingerprint density at radius 3 is 2.54 bits per heavy atom. The number of urea groups is 1. The lowest BCUT2D eigenvalue weighted by Gasteiger charge is -2.32. The Balaban J connectivity index is 1.60. The van der Waals surface area contributed by atoms with Crippen molar-refractivity contribution in [1.82, 2.24) is 15.2 Å². The molecule has 1 aliphatic rings. The second kappa shape index (κ2) is 6.70. The molecule has 7 nitrogen and oxygen atoms in total.